The number of halogens is 1. The highest BCUT2D eigenvalue weighted by molar-refractivity contribution is 7.09. The zero-order valence-corrected chi connectivity index (χ0v) is 9.50. The Hall–Kier alpha value is -0.900. The van der Waals surface area contributed by atoms with E-state index in [1.54, 1.807) is 35.2 Å². The molecular weight excluding hydrogens is 230 g/mol. The molecule has 1 aromatic heterocycles. The molecule has 1 heterocycles. The third-order valence-electron chi connectivity index (χ3n) is 2.13. The largest absolute Gasteiger partial charge is 0.388 e. The third kappa shape index (κ3) is 2.78. The lowest BCUT2D eigenvalue weighted by Crippen LogP contribution is -1.99. The van der Waals surface area contributed by atoms with E-state index in [4.69, 9.17) is 11.6 Å². The van der Waals surface area contributed by atoms with E-state index in [9.17, 15) is 5.11 Å². The van der Waals surface area contributed by atoms with E-state index in [0.29, 0.717) is 11.4 Å². The molecule has 0 saturated heterocycles. The predicted molar refractivity (Wildman–Crippen MR) is 62.2 cm³/mol. The lowest BCUT2D eigenvalue weighted by atomic mass is 10.1. The van der Waals surface area contributed by atoms with Crippen molar-refractivity contribution >= 4 is 22.9 Å². The first kappa shape index (κ1) is 10.6. The van der Waals surface area contributed by atoms with Crippen LogP contribution in [0.5, 0.6) is 0 Å². The van der Waals surface area contributed by atoms with Gasteiger partial charge in [0.25, 0.3) is 0 Å². The number of thiazole rings is 1. The molecule has 0 fully saturated rings. The summed E-state index contributed by atoms with van der Waals surface area (Å²) < 4.78 is 0. The highest BCUT2D eigenvalue weighted by Gasteiger charge is 2.09. The molecule has 15 heavy (non-hydrogen) atoms. The van der Waals surface area contributed by atoms with Gasteiger partial charge in [-0.2, -0.15) is 0 Å². The van der Waals surface area contributed by atoms with Crippen molar-refractivity contribution in [1.29, 1.82) is 0 Å². The number of benzene rings is 1. The number of aromatic nitrogens is 1. The van der Waals surface area contributed by atoms with E-state index in [0.717, 1.165) is 10.4 Å². The van der Waals surface area contributed by atoms with Crippen molar-refractivity contribution < 1.29 is 5.11 Å². The molecule has 0 spiro atoms. The zero-order chi connectivity index (χ0) is 10.7. The molecule has 1 aromatic carbocycles. The summed E-state index contributed by atoms with van der Waals surface area (Å²) in [5.41, 5.74) is 2.65. The Kier molecular flexibility index (Phi) is 3.36. The second kappa shape index (κ2) is 4.75. The van der Waals surface area contributed by atoms with Crippen molar-refractivity contribution in [2.75, 3.05) is 0 Å². The van der Waals surface area contributed by atoms with Gasteiger partial charge in [-0.15, -0.1) is 11.3 Å². The molecule has 0 bridgehead atoms. The third-order valence-corrected chi connectivity index (χ3v) is 3.19. The van der Waals surface area contributed by atoms with Gasteiger partial charge in [0.05, 0.1) is 11.6 Å². The van der Waals surface area contributed by atoms with Crippen LogP contribution >= 0.6 is 22.9 Å². The summed E-state index contributed by atoms with van der Waals surface area (Å²) >= 11 is 7.32. The Morgan fingerprint density at radius 1 is 1.33 bits per heavy atom. The minimum Gasteiger partial charge on any atom is -0.388 e. The monoisotopic (exact) mass is 239 g/mol. The standard InChI is InChI=1S/C11H10ClNOS/c12-9-3-1-8(2-4-9)11(14)5-10-6-13-7-15-10/h1-4,6-7,11,14H,5H2. The molecule has 0 amide bonds. The summed E-state index contributed by atoms with van der Waals surface area (Å²) in [6, 6.07) is 7.25. The van der Waals surface area contributed by atoms with Crippen LogP contribution in [0.15, 0.2) is 36.0 Å². The van der Waals surface area contributed by atoms with E-state index in [2.05, 4.69) is 4.98 Å². The maximum Gasteiger partial charge on any atom is 0.0838 e. The average Bonchev–Trinajstić information content (AvgIpc) is 2.71. The van der Waals surface area contributed by atoms with Gasteiger partial charge < -0.3 is 5.11 Å². The van der Waals surface area contributed by atoms with E-state index in [1.165, 1.54) is 0 Å². The van der Waals surface area contributed by atoms with Crippen LogP contribution in [0, 0.1) is 0 Å². The smallest absolute Gasteiger partial charge is 0.0838 e. The normalized spacial score (nSPS) is 12.7. The highest BCUT2D eigenvalue weighted by atomic mass is 35.5. The van der Waals surface area contributed by atoms with E-state index in [1.807, 2.05) is 12.1 Å². The maximum absolute atomic E-state index is 9.92. The van der Waals surface area contributed by atoms with Gasteiger partial charge in [-0.3, -0.25) is 4.98 Å². The summed E-state index contributed by atoms with van der Waals surface area (Å²) in [6.07, 6.45) is 1.90. The van der Waals surface area contributed by atoms with E-state index in [-0.39, 0.29) is 0 Å². The van der Waals surface area contributed by atoms with Gasteiger partial charge in [-0.25, -0.2) is 0 Å². The SMILES string of the molecule is OC(Cc1cncs1)c1ccc(Cl)cc1. The summed E-state index contributed by atoms with van der Waals surface area (Å²) in [4.78, 5) is 5.05. The molecule has 1 atom stereocenters. The van der Waals surface area contributed by atoms with Crippen LogP contribution in [0.4, 0.5) is 0 Å². The molecule has 1 unspecified atom stereocenters. The van der Waals surface area contributed by atoms with Crippen LogP contribution in [-0.4, -0.2) is 10.1 Å². The molecule has 2 nitrogen and oxygen atoms in total. The van der Waals surface area contributed by atoms with Gasteiger partial charge >= 0.3 is 0 Å². The summed E-state index contributed by atoms with van der Waals surface area (Å²) in [5.74, 6) is 0. The molecular formula is C11H10ClNOS. The second-order valence-electron chi connectivity index (χ2n) is 3.24. The Bertz CT molecular complexity index is 413. The minimum atomic E-state index is -0.484. The van der Waals surface area contributed by atoms with Crippen molar-refractivity contribution in [2.24, 2.45) is 0 Å². The molecule has 0 radical (unpaired) electrons. The van der Waals surface area contributed by atoms with Crippen LogP contribution in [0.1, 0.15) is 16.5 Å². The molecule has 0 aliphatic heterocycles. The lowest BCUT2D eigenvalue weighted by molar-refractivity contribution is 0.179. The summed E-state index contributed by atoms with van der Waals surface area (Å²) in [5, 5.41) is 10.6. The Morgan fingerprint density at radius 2 is 2.07 bits per heavy atom. The number of rotatable bonds is 3. The summed E-state index contributed by atoms with van der Waals surface area (Å²) in [7, 11) is 0. The molecule has 1 N–H and O–H groups in total. The molecule has 0 aliphatic carbocycles. The fourth-order valence-corrected chi connectivity index (χ4v) is 2.10. The number of hydrogen-bond donors (Lipinski definition) is 1. The zero-order valence-electron chi connectivity index (χ0n) is 7.93. The molecule has 78 valence electrons. The highest BCUT2D eigenvalue weighted by Crippen LogP contribution is 2.21. The van der Waals surface area contributed by atoms with Crippen molar-refractivity contribution in [3.63, 3.8) is 0 Å². The average molecular weight is 240 g/mol. The maximum atomic E-state index is 9.92. The Labute approximate surface area is 97.2 Å². The first-order chi connectivity index (χ1) is 7.25. The quantitative estimate of drug-likeness (QED) is 0.893. The number of hydrogen-bond acceptors (Lipinski definition) is 3. The van der Waals surface area contributed by atoms with Crippen molar-refractivity contribution in [2.45, 2.75) is 12.5 Å². The number of nitrogens with zero attached hydrogens (tertiary/aromatic N) is 1. The van der Waals surface area contributed by atoms with Gasteiger partial charge in [-0.1, -0.05) is 23.7 Å². The molecule has 4 heteroatoms. The van der Waals surface area contributed by atoms with Crippen molar-refractivity contribution in [3.8, 4) is 0 Å². The van der Waals surface area contributed by atoms with Crippen molar-refractivity contribution in [1.82, 2.24) is 4.98 Å². The van der Waals surface area contributed by atoms with Crippen LogP contribution in [0.2, 0.25) is 5.02 Å². The van der Waals surface area contributed by atoms with Crippen LogP contribution < -0.4 is 0 Å². The first-order valence-corrected chi connectivity index (χ1v) is 5.82. The van der Waals surface area contributed by atoms with Gasteiger partial charge in [0.1, 0.15) is 0 Å². The topological polar surface area (TPSA) is 33.1 Å². The van der Waals surface area contributed by atoms with Crippen molar-refractivity contribution in [3.05, 3.63) is 51.4 Å². The number of aliphatic hydroxyl groups is 1. The minimum absolute atomic E-state index is 0.484. The first-order valence-electron chi connectivity index (χ1n) is 4.56. The van der Waals surface area contributed by atoms with Gasteiger partial charge in [0, 0.05) is 22.5 Å². The second-order valence-corrected chi connectivity index (χ2v) is 4.65. The van der Waals surface area contributed by atoms with Gasteiger partial charge in [0.15, 0.2) is 0 Å². The van der Waals surface area contributed by atoms with Crippen LogP contribution in [0.3, 0.4) is 0 Å². The van der Waals surface area contributed by atoms with Crippen LogP contribution in [-0.2, 0) is 6.42 Å². The lowest BCUT2D eigenvalue weighted by Gasteiger charge is -2.09. The fourth-order valence-electron chi connectivity index (χ4n) is 1.34. The molecule has 2 rings (SSSR count). The van der Waals surface area contributed by atoms with E-state index >= 15 is 0 Å². The Balaban J connectivity index is 2.08. The Morgan fingerprint density at radius 3 is 2.67 bits per heavy atom. The molecule has 0 saturated carbocycles. The van der Waals surface area contributed by atoms with Gasteiger partial charge in [-0.05, 0) is 17.7 Å². The predicted octanol–water partition coefficient (Wildman–Crippen LogP) is 3.07. The van der Waals surface area contributed by atoms with E-state index < -0.39 is 6.10 Å². The van der Waals surface area contributed by atoms with Gasteiger partial charge in [0.2, 0.25) is 0 Å². The fraction of sp³-hybridized carbons (Fsp3) is 0.182. The molecule has 0 aliphatic rings. The molecule has 2 aromatic rings. The summed E-state index contributed by atoms with van der Waals surface area (Å²) in [6.45, 7) is 0. The number of aliphatic hydroxyl groups excluding tert-OH is 1. The van der Waals surface area contributed by atoms with Crippen LogP contribution in [0.25, 0.3) is 0 Å².